The van der Waals surface area contributed by atoms with Gasteiger partial charge in [-0.05, 0) is 116 Å². The van der Waals surface area contributed by atoms with Gasteiger partial charge in [-0.2, -0.15) is 0 Å². The van der Waals surface area contributed by atoms with E-state index in [0.29, 0.717) is 19.3 Å². The molecule has 0 amide bonds. The number of hydrogen-bond acceptors (Lipinski definition) is 6. The third-order valence-electron chi connectivity index (χ3n) is 12.2. The lowest BCUT2D eigenvalue weighted by atomic mass is 10.1. The number of unbranched alkanes of at least 4 members (excludes halogenated alkanes) is 23. The molecule has 0 aliphatic carbocycles. The SMILES string of the molecule is CC/C=C\C/C=C\C/C=C\C/C=C\C/C=C\C/C=C\CCC(=O)O[C@H](COC(=O)CCCCCCCCC/C=C\C/C=C\CCCCC)COC(=O)CCCCCCCCC/C=C\CCCCCCCC. The summed E-state index contributed by atoms with van der Waals surface area (Å²) in [5, 5.41) is 0. The Morgan fingerprint density at radius 2 is 0.577 bits per heavy atom. The summed E-state index contributed by atoms with van der Waals surface area (Å²) in [6.45, 7) is 6.43. The van der Waals surface area contributed by atoms with Gasteiger partial charge in [0.05, 0.1) is 0 Å². The molecule has 0 radical (unpaired) electrons. The molecule has 6 nitrogen and oxygen atoms in total. The third kappa shape index (κ3) is 56.9. The van der Waals surface area contributed by atoms with E-state index in [-0.39, 0.29) is 31.6 Å². The summed E-state index contributed by atoms with van der Waals surface area (Å²) in [6, 6.07) is 0. The van der Waals surface area contributed by atoms with Crippen LogP contribution in [0, 0.1) is 0 Å². The first-order chi connectivity index (χ1) is 35.0. The van der Waals surface area contributed by atoms with E-state index >= 15 is 0 Å². The molecule has 0 rings (SSSR count). The van der Waals surface area contributed by atoms with Crippen LogP contribution in [0.3, 0.4) is 0 Å². The Labute approximate surface area is 438 Å². The highest BCUT2D eigenvalue weighted by Crippen LogP contribution is 2.14. The normalized spacial score (nSPS) is 12.9. The van der Waals surface area contributed by atoms with E-state index in [0.717, 1.165) is 89.9 Å². The molecule has 0 N–H and O–H groups in total. The maximum absolute atomic E-state index is 12.8. The highest BCUT2D eigenvalue weighted by molar-refractivity contribution is 5.71. The fraction of sp³-hybridized carbons (Fsp3) is 0.677. The van der Waals surface area contributed by atoms with Gasteiger partial charge < -0.3 is 14.2 Å². The van der Waals surface area contributed by atoms with Crippen LogP contribution in [0.4, 0.5) is 0 Å². The number of ether oxygens (including phenoxy) is 3. The lowest BCUT2D eigenvalue weighted by Gasteiger charge is -2.18. The predicted molar refractivity (Wildman–Crippen MR) is 307 cm³/mol. The first-order valence-corrected chi connectivity index (χ1v) is 29.4. The Bertz CT molecular complexity index is 1460. The molecule has 1 atom stereocenters. The Morgan fingerprint density at radius 1 is 0.296 bits per heavy atom. The minimum Gasteiger partial charge on any atom is -0.462 e. The lowest BCUT2D eigenvalue weighted by Crippen LogP contribution is -2.30. The Kier molecular flexibility index (Phi) is 55.4. The number of carbonyl (C=O) groups excluding carboxylic acids is 3. The molecule has 0 aliphatic rings. The summed E-state index contributed by atoms with van der Waals surface area (Å²) in [5.74, 6) is -1.01. The van der Waals surface area contributed by atoms with Gasteiger partial charge in [0.2, 0.25) is 0 Å². The van der Waals surface area contributed by atoms with Gasteiger partial charge in [0, 0.05) is 19.3 Å². The van der Waals surface area contributed by atoms with Crippen molar-refractivity contribution < 1.29 is 28.6 Å². The quantitative estimate of drug-likeness (QED) is 0.0261. The molecule has 0 unspecified atom stereocenters. The van der Waals surface area contributed by atoms with E-state index in [1.54, 1.807) is 0 Å². The fourth-order valence-corrected chi connectivity index (χ4v) is 7.85. The molecule has 0 heterocycles. The minimum atomic E-state index is -0.826. The fourth-order valence-electron chi connectivity index (χ4n) is 7.85. The van der Waals surface area contributed by atoms with Crippen molar-refractivity contribution in [2.24, 2.45) is 0 Å². The third-order valence-corrected chi connectivity index (χ3v) is 12.2. The minimum absolute atomic E-state index is 0.114. The number of rotatable bonds is 52. The van der Waals surface area contributed by atoms with Crippen LogP contribution in [0.5, 0.6) is 0 Å². The first-order valence-electron chi connectivity index (χ1n) is 29.4. The van der Waals surface area contributed by atoms with E-state index in [1.807, 2.05) is 6.08 Å². The zero-order valence-electron chi connectivity index (χ0n) is 46.2. The van der Waals surface area contributed by atoms with Crippen LogP contribution >= 0.6 is 0 Å². The van der Waals surface area contributed by atoms with Crippen molar-refractivity contribution in [1.82, 2.24) is 0 Å². The van der Waals surface area contributed by atoms with Crippen LogP contribution < -0.4 is 0 Å². The number of esters is 3. The highest BCUT2D eigenvalue weighted by Gasteiger charge is 2.19. The average molecular weight is 986 g/mol. The zero-order valence-corrected chi connectivity index (χ0v) is 46.2. The molecule has 404 valence electrons. The van der Waals surface area contributed by atoms with Crippen LogP contribution in [0.1, 0.15) is 265 Å². The molecule has 0 bridgehead atoms. The Morgan fingerprint density at radius 3 is 0.958 bits per heavy atom. The molecular weight excluding hydrogens is 877 g/mol. The number of carbonyl (C=O) groups is 3. The van der Waals surface area contributed by atoms with E-state index in [9.17, 15) is 14.4 Å². The summed E-state index contributed by atoms with van der Waals surface area (Å²) < 4.78 is 16.8. The molecule has 6 heteroatoms. The van der Waals surface area contributed by atoms with Gasteiger partial charge in [0.15, 0.2) is 6.10 Å². The molecule has 0 aliphatic heterocycles. The Balaban J connectivity index is 4.53. The second-order valence-corrected chi connectivity index (χ2v) is 19.2. The second-order valence-electron chi connectivity index (χ2n) is 19.2. The maximum atomic E-state index is 12.8. The van der Waals surface area contributed by atoms with Crippen LogP contribution in [-0.2, 0) is 28.6 Å². The number of allylic oxidation sites excluding steroid dienone is 18. The van der Waals surface area contributed by atoms with Gasteiger partial charge in [-0.25, -0.2) is 0 Å². The summed E-state index contributed by atoms with van der Waals surface area (Å²) in [6.07, 6.45) is 79.4. The lowest BCUT2D eigenvalue weighted by molar-refractivity contribution is -0.166. The summed E-state index contributed by atoms with van der Waals surface area (Å²) in [4.78, 5) is 38.2. The van der Waals surface area contributed by atoms with Crippen LogP contribution in [0.15, 0.2) is 109 Å². The van der Waals surface area contributed by atoms with Gasteiger partial charge >= 0.3 is 17.9 Å². The van der Waals surface area contributed by atoms with Gasteiger partial charge in [-0.3, -0.25) is 14.4 Å². The Hall–Kier alpha value is -3.93. The summed E-state index contributed by atoms with van der Waals surface area (Å²) in [7, 11) is 0. The van der Waals surface area contributed by atoms with Gasteiger partial charge in [-0.1, -0.05) is 239 Å². The van der Waals surface area contributed by atoms with Crippen molar-refractivity contribution in [3.8, 4) is 0 Å². The van der Waals surface area contributed by atoms with Crippen molar-refractivity contribution in [2.75, 3.05) is 13.2 Å². The molecule has 0 saturated heterocycles. The van der Waals surface area contributed by atoms with Gasteiger partial charge in [-0.15, -0.1) is 0 Å². The van der Waals surface area contributed by atoms with Crippen molar-refractivity contribution in [3.63, 3.8) is 0 Å². The molecule has 71 heavy (non-hydrogen) atoms. The van der Waals surface area contributed by atoms with E-state index in [4.69, 9.17) is 14.2 Å². The largest absolute Gasteiger partial charge is 0.462 e. The van der Waals surface area contributed by atoms with E-state index in [1.165, 1.54) is 128 Å². The second kappa shape index (κ2) is 58.6. The van der Waals surface area contributed by atoms with Crippen molar-refractivity contribution in [1.29, 1.82) is 0 Å². The van der Waals surface area contributed by atoms with Crippen LogP contribution in [0.2, 0.25) is 0 Å². The predicted octanol–water partition coefficient (Wildman–Crippen LogP) is 19.9. The molecule has 0 spiro atoms. The van der Waals surface area contributed by atoms with Crippen LogP contribution in [-0.4, -0.2) is 37.2 Å². The molecule has 0 saturated carbocycles. The first kappa shape index (κ1) is 67.1. The molecular formula is C65H108O6. The molecule has 0 aromatic rings. The number of hydrogen-bond donors (Lipinski definition) is 0. The highest BCUT2D eigenvalue weighted by atomic mass is 16.6. The summed E-state index contributed by atoms with van der Waals surface area (Å²) in [5.41, 5.74) is 0. The van der Waals surface area contributed by atoms with Crippen molar-refractivity contribution >= 4 is 17.9 Å². The molecule has 0 aromatic heterocycles. The standard InChI is InChI=1S/C65H108O6/c1-4-7-10-13-16-19-22-25-28-31-32-35-38-41-44-47-50-53-56-59-65(68)71-62(60-69-63(66)57-54-51-48-45-42-39-36-33-29-26-23-20-17-14-11-8-5-2)61-70-64(67)58-55-52-49-46-43-40-37-34-30-27-24-21-18-15-12-9-6-3/h7,10,16-17,19-20,25-30,32,35,41,44,50,53,62H,4-6,8-9,11-15,18,21-24,31,33-34,36-40,42-43,45-49,51-52,54-61H2,1-3H3/b10-7-,19-16-,20-17-,28-25-,29-26-,30-27-,35-32-,44-41-,53-50-/t62-/m1/s1. The zero-order chi connectivity index (χ0) is 51.4. The average Bonchev–Trinajstić information content (AvgIpc) is 3.37. The smallest absolute Gasteiger partial charge is 0.306 e. The van der Waals surface area contributed by atoms with E-state index < -0.39 is 12.1 Å². The van der Waals surface area contributed by atoms with Crippen LogP contribution in [0.25, 0.3) is 0 Å². The summed E-state index contributed by atoms with van der Waals surface area (Å²) >= 11 is 0. The van der Waals surface area contributed by atoms with E-state index in [2.05, 4.69) is 124 Å². The molecule has 0 fully saturated rings. The van der Waals surface area contributed by atoms with Gasteiger partial charge in [0.25, 0.3) is 0 Å². The monoisotopic (exact) mass is 985 g/mol. The topological polar surface area (TPSA) is 78.9 Å². The molecule has 0 aromatic carbocycles. The van der Waals surface area contributed by atoms with Crippen molar-refractivity contribution in [3.05, 3.63) is 109 Å². The van der Waals surface area contributed by atoms with Crippen molar-refractivity contribution in [2.45, 2.75) is 271 Å². The van der Waals surface area contributed by atoms with Gasteiger partial charge in [0.1, 0.15) is 13.2 Å². The maximum Gasteiger partial charge on any atom is 0.306 e.